The van der Waals surface area contributed by atoms with Crippen molar-refractivity contribution >= 4 is 17.2 Å². The van der Waals surface area contributed by atoms with Crippen molar-refractivity contribution < 1.29 is 4.79 Å². The van der Waals surface area contributed by atoms with Gasteiger partial charge in [0.2, 0.25) is 0 Å². The van der Waals surface area contributed by atoms with Gasteiger partial charge in [-0.25, -0.2) is 14.5 Å². The Morgan fingerprint density at radius 3 is 2.83 bits per heavy atom. The maximum atomic E-state index is 12.4. The van der Waals surface area contributed by atoms with Gasteiger partial charge < -0.3 is 5.32 Å². The Labute approximate surface area is 144 Å². The van der Waals surface area contributed by atoms with Crippen molar-refractivity contribution in [2.45, 2.75) is 65.6 Å². The fourth-order valence-corrected chi connectivity index (χ4v) is 3.95. The summed E-state index contributed by atoms with van der Waals surface area (Å²) in [6.07, 6.45) is 3.14. The number of carbonyl (C=O) groups excluding carboxylic acids is 1. The van der Waals surface area contributed by atoms with E-state index in [1.54, 1.807) is 9.25 Å². The van der Waals surface area contributed by atoms with Crippen LogP contribution in [0.5, 0.6) is 0 Å². The van der Waals surface area contributed by atoms with Gasteiger partial charge in [0.25, 0.3) is 5.91 Å². The van der Waals surface area contributed by atoms with Gasteiger partial charge in [-0.1, -0.05) is 6.92 Å². The molecule has 0 fully saturated rings. The van der Waals surface area contributed by atoms with Gasteiger partial charge in [-0.05, 0) is 33.1 Å². The quantitative estimate of drug-likeness (QED) is 0.910. The van der Waals surface area contributed by atoms with Gasteiger partial charge in [-0.3, -0.25) is 9.36 Å². The van der Waals surface area contributed by atoms with Gasteiger partial charge in [0.1, 0.15) is 10.7 Å². The number of carbonyl (C=O) groups is 1. The van der Waals surface area contributed by atoms with Crippen molar-refractivity contribution in [1.29, 1.82) is 0 Å². The molecule has 130 valence electrons. The van der Waals surface area contributed by atoms with Crippen LogP contribution in [0.25, 0.3) is 0 Å². The van der Waals surface area contributed by atoms with E-state index < -0.39 is 0 Å². The van der Waals surface area contributed by atoms with Crippen LogP contribution in [0.1, 0.15) is 52.4 Å². The molecular weight excluding hydrogens is 326 g/mol. The number of nitrogens with one attached hydrogen (secondary N) is 1. The summed E-state index contributed by atoms with van der Waals surface area (Å²) in [4.78, 5) is 29.8. The number of aryl methyl sites for hydroxylation is 4. The lowest BCUT2D eigenvalue weighted by Gasteiger charge is -2.15. The predicted octanol–water partition coefficient (Wildman–Crippen LogP) is 1.66. The smallest absolute Gasteiger partial charge is 0.345 e. The predicted molar refractivity (Wildman–Crippen MR) is 92.6 cm³/mol. The van der Waals surface area contributed by atoms with Gasteiger partial charge in [0.05, 0.1) is 10.7 Å². The molecule has 0 bridgehead atoms. The van der Waals surface area contributed by atoms with E-state index >= 15 is 0 Å². The van der Waals surface area contributed by atoms with E-state index in [9.17, 15) is 9.59 Å². The van der Waals surface area contributed by atoms with Crippen molar-refractivity contribution in [3.05, 3.63) is 31.9 Å². The number of rotatable bonds is 4. The molecule has 7 nitrogen and oxygen atoms in total. The standard InChI is InChI=1S/C16H23N5O2S/c1-4-8-21-16(23)20-9-7-12(5-6-13(20)19-21)18-15(22)14-10(2)17-11(3)24-14/h12H,4-9H2,1-3H3,(H,18,22). The summed E-state index contributed by atoms with van der Waals surface area (Å²) in [5.74, 6) is 0.765. The summed E-state index contributed by atoms with van der Waals surface area (Å²) in [6, 6.07) is 0.0556. The molecule has 2 aromatic heterocycles. The minimum Gasteiger partial charge on any atom is -0.348 e. The van der Waals surface area contributed by atoms with Crippen molar-refractivity contribution in [2.24, 2.45) is 0 Å². The zero-order valence-corrected chi connectivity index (χ0v) is 15.2. The molecule has 0 saturated carbocycles. The second-order valence-electron chi connectivity index (χ2n) is 6.22. The molecule has 3 heterocycles. The van der Waals surface area contributed by atoms with Crippen LogP contribution >= 0.6 is 11.3 Å². The molecule has 1 unspecified atom stereocenters. The summed E-state index contributed by atoms with van der Waals surface area (Å²) >= 11 is 1.42. The molecule has 3 rings (SSSR count). The second-order valence-corrected chi connectivity index (χ2v) is 7.42. The Kier molecular flexibility index (Phi) is 4.84. The molecule has 1 atom stereocenters. The fraction of sp³-hybridized carbons (Fsp3) is 0.625. The lowest BCUT2D eigenvalue weighted by Crippen LogP contribution is -2.35. The van der Waals surface area contributed by atoms with Crippen molar-refractivity contribution in [1.82, 2.24) is 24.6 Å². The van der Waals surface area contributed by atoms with Crippen LogP contribution in [0.4, 0.5) is 0 Å². The number of amides is 1. The number of thiazole rings is 1. The van der Waals surface area contributed by atoms with Crippen LogP contribution < -0.4 is 11.0 Å². The normalized spacial score (nSPS) is 17.4. The van der Waals surface area contributed by atoms with Gasteiger partial charge in [0, 0.05) is 25.6 Å². The van der Waals surface area contributed by atoms with E-state index in [4.69, 9.17) is 0 Å². The van der Waals surface area contributed by atoms with Gasteiger partial charge in [-0.2, -0.15) is 5.10 Å². The van der Waals surface area contributed by atoms with E-state index in [2.05, 4.69) is 15.4 Å². The van der Waals surface area contributed by atoms with Crippen LogP contribution in [0.15, 0.2) is 4.79 Å². The van der Waals surface area contributed by atoms with Gasteiger partial charge >= 0.3 is 5.69 Å². The van der Waals surface area contributed by atoms with Crippen LogP contribution in [-0.4, -0.2) is 31.3 Å². The molecule has 1 amide bonds. The SMILES string of the molecule is CCCn1nc2n(c1=O)CCC(NC(=O)c1sc(C)nc1C)CC2. The number of hydrogen-bond donors (Lipinski definition) is 1. The van der Waals surface area contributed by atoms with E-state index in [-0.39, 0.29) is 17.6 Å². The molecular formula is C16H23N5O2S. The highest BCUT2D eigenvalue weighted by atomic mass is 32.1. The van der Waals surface area contributed by atoms with Crippen molar-refractivity contribution in [3.8, 4) is 0 Å². The minimum absolute atomic E-state index is 0.0345. The van der Waals surface area contributed by atoms with Crippen molar-refractivity contribution in [2.75, 3.05) is 0 Å². The molecule has 2 aromatic rings. The number of fused-ring (bicyclic) bond motifs is 1. The zero-order valence-electron chi connectivity index (χ0n) is 14.3. The molecule has 1 aliphatic heterocycles. The fourth-order valence-electron chi connectivity index (χ4n) is 3.12. The number of aromatic nitrogens is 4. The molecule has 0 aromatic carbocycles. The average molecular weight is 349 g/mol. The van der Waals surface area contributed by atoms with E-state index in [0.717, 1.165) is 35.8 Å². The molecule has 1 N–H and O–H groups in total. The highest BCUT2D eigenvalue weighted by Gasteiger charge is 2.23. The summed E-state index contributed by atoms with van der Waals surface area (Å²) in [5, 5.41) is 8.43. The Hall–Kier alpha value is -1.96. The topological polar surface area (TPSA) is 81.8 Å². The summed E-state index contributed by atoms with van der Waals surface area (Å²) in [7, 11) is 0. The molecule has 0 radical (unpaired) electrons. The Bertz CT molecular complexity index is 804. The van der Waals surface area contributed by atoms with E-state index in [1.165, 1.54) is 11.3 Å². The molecule has 0 aliphatic carbocycles. The first-order valence-corrected chi connectivity index (χ1v) is 9.22. The molecule has 1 aliphatic rings. The van der Waals surface area contributed by atoms with Gasteiger partial charge in [0.15, 0.2) is 0 Å². The second kappa shape index (κ2) is 6.88. The minimum atomic E-state index is -0.0639. The first kappa shape index (κ1) is 16.9. The van der Waals surface area contributed by atoms with Gasteiger partial charge in [-0.15, -0.1) is 11.3 Å². The highest BCUT2D eigenvalue weighted by molar-refractivity contribution is 7.13. The Morgan fingerprint density at radius 1 is 1.38 bits per heavy atom. The molecule has 24 heavy (non-hydrogen) atoms. The number of nitrogens with zero attached hydrogens (tertiary/aromatic N) is 4. The third kappa shape index (κ3) is 3.28. The third-order valence-corrected chi connectivity index (χ3v) is 5.37. The largest absolute Gasteiger partial charge is 0.348 e. The summed E-state index contributed by atoms with van der Waals surface area (Å²) in [5.41, 5.74) is 0.742. The molecule has 0 saturated heterocycles. The molecule has 0 spiro atoms. The van der Waals surface area contributed by atoms with Crippen LogP contribution in [0.2, 0.25) is 0 Å². The highest BCUT2D eigenvalue weighted by Crippen LogP contribution is 2.18. The maximum Gasteiger partial charge on any atom is 0.345 e. The van der Waals surface area contributed by atoms with Crippen LogP contribution in [-0.2, 0) is 19.5 Å². The summed E-state index contributed by atoms with van der Waals surface area (Å²) in [6.45, 7) is 7.05. The van der Waals surface area contributed by atoms with E-state index in [0.29, 0.717) is 24.4 Å². The maximum absolute atomic E-state index is 12.4. The Balaban J connectivity index is 1.68. The monoisotopic (exact) mass is 349 g/mol. The summed E-state index contributed by atoms with van der Waals surface area (Å²) < 4.78 is 3.31. The first-order chi connectivity index (χ1) is 11.5. The van der Waals surface area contributed by atoms with E-state index in [1.807, 2.05) is 20.8 Å². The first-order valence-electron chi connectivity index (χ1n) is 8.41. The van der Waals surface area contributed by atoms with Crippen LogP contribution in [0.3, 0.4) is 0 Å². The lowest BCUT2D eigenvalue weighted by molar-refractivity contribution is 0.0936. The van der Waals surface area contributed by atoms with Crippen molar-refractivity contribution in [3.63, 3.8) is 0 Å². The molecule has 8 heteroatoms. The lowest BCUT2D eigenvalue weighted by atomic mass is 10.1. The third-order valence-electron chi connectivity index (χ3n) is 4.30. The number of hydrogen-bond acceptors (Lipinski definition) is 5. The average Bonchev–Trinajstić information content (AvgIpc) is 2.94. The zero-order chi connectivity index (χ0) is 17.3. The van der Waals surface area contributed by atoms with Crippen LogP contribution in [0, 0.1) is 13.8 Å². The Morgan fingerprint density at radius 2 is 2.17 bits per heavy atom.